The Morgan fingerprint density at radius 2 is 2.36 bits per heavy atom. The summed E-state index contributed by atoms with van der Waals surface area (Å²) in [6, 6.07) is 3.26. The van der Waals surface area contributed by atoms with Crippen LogP contribution < -0.4 is 0 Å². The van der Waals surface area contributed by atoms with Crippen molar-refractivity contribution in [2.75, 3.05) is 6.61 Å². The number of hydrogen-bond donors (Lipinski definition) is 1. The van der Waals surface area contributed by atoms with Gasteiger partial charge in [-0.15, -0.1) is 11.3 Å². The molecule has 1 unspecified atom stereocenters. The van der Waals surface area contributed by atoms with Crippen LogP contribution in [0.4, 0.5) is 0 Å². The van der Waals surface area contributed by atoms with E-state index in [1.807, 2.05) is 0 Å². The van der Waals surface area contributed by atoms with Gasteiger partial charge in [0.05, 0.1) is 12.4 Å². The molecular formula is C8H10O4S2. The summed E-state index contributed by atoms with van der Waals surface area (Å²) in [6.45, 7) is 2.06. The average molecular weight is 234 g/mol. The first-order valence-corrected chi connectivity index (χ1v) is 6.06. The first-order valence-electron chi connectivity index (χ1n) is 3.96. The van der Waals surface area contributed by atoms with E-state index in [0.717, 1.165) is 0 Å². The molecule has 0 saturated carbocycles. The molecule has 0 spiro atoms. The van der Waals surface area contributed by atoms with E-state index in [1.54, 1.807) is 19.1 Å². The number of ether oxygens (including phenoxy) is 1. The first-order chi connectivity index (χ1) is 6.63. The highest BCUT2D eigenvalue weighted by Gasteiger charge is 2.10. The summed E-state index contributed by atoms with van der Waals surface area (Å²) in [4.78, 5) is 12.4. The molecule has 1 atom stereocenters. The van der Waals surface area contributed by atoms with E-state index < -0.39 is 11.1 Å². The lowest BCUT2D eigenvalue weighted by Crippen LogP contribution is -2.01. The van der Waals surface area contributed by atoms with Crippen LogP contribution in [0, 0.1) is 0 Å². The fourth-order valence-corrected chi connectivity index (χ4v) is 2.46. The molecule has 0 saturated heterocycles. The minimum atomic E-state index is -1.86. The van der Waals surface area contributed by atoms with Gasteiger partial charge in [-0.1, -0.05) is 0 Å². The van der Waals surface area contributed by atoms with Gasteiger partial charge in [-0.2, -0.15) is 0 Å². The van der Waals surface area contributed by atoms with Crippen LogP contribution in [-0.2, 0) is 21.6 Å². The van der Waals surface area contributed by atoms with E-state index in [1.165, 1.54) is 11.3 Å². The highest BCUT2D eigenvalue weighted by Crippen LogP contribution is 2.18. The van der Waals surface area contributed by atoms with Crippen LogP contribution >= 0.6 is 11.3 Å². The fourth-order valence-electron chi connectivity index (χ4n) is 0.889. The molecule has 0 radical (unpaired) electrons. The average Bonchev–Trinajstić information content (AvgIpc) is 2.52. The zero-order valence-electron chi connectivity index (χ0n) is 7.56. The highest BCUT2D eigenvalue weighted by molar-refractivity contribution is 7.78. The monoisotopic (exact) mass is 234 g/mol. The van der Waals surface area contributed by atoms with Gasteiger partial charge in [-0.05, 0) is 19.1 Å². The lowest BCUT2D eigenvalue weighted by Gasteiger charge is -1.96. The minimum absolute atomic E-state index is 0.0596. The lowest BCUT2D eigenvalue weighted by molar-refractivity contribution is 0.0532. The second-order valence-electron chi connectivity index (χ2n) is 2.45. The zero-order valence-corrected chi connectivity index (χ0v) is 9.19. The van der Waals surface area contributed by atoms with Crippen molar-refractivity contribution in [1.29, 1.82) is 0 Å². The Balaban J connectivity index is 2.67. The number of thiophene rings is 1. The molecule has 1 aromatic rings. The second kappa shape index (κ2) is 5.23. The van der Waals surface area contributed by atoms with E-state index in [4.69, 9.17) is 9.29 Å². The highest BCUT2D eigenvalue weighted by atomic mass is 32.2. The molecular weight excluding hydrogens is 224 g/mol. The van der Waals surface area contributed by atoms with Gasteiger partial charge in [0, 0.05) is 4.88 Å². The Hall–Kier alpha value is -0.720. The number of rotatable bonds is 4. The number of esters is 1. The first kappa shape index (κ1) is 11.4. The molecule has 0 aliphatic heterocycles. The summed E-state index contributed by atoms with van der Waals surface area (Å²) < 4.78 is 23.9. The van der Waals surface area contributed by atoms with Crippen LogP contribution in [0.25, 0.3) is 0 Å². The van der Waals surface area contributed by atoms with Gasteiger partial charge in [0.1, 0.15) is 4.88 Å². The van der Waals surface area contributed by atoms with E-state index in [9.17, 15) is 9.00 Å². The normalized spacial score (nSPS) is 12.4. The van der Waals surface area contributed by atoms with Crippen molar-refractivity contribution in [3.05, 3.63) is 21.9 Å². The van der Waals surface area contributed by atoms with Crippen LogP contribution in [0.15, 0.2) is 12.1 Å². The third kappa shape index (κ3) is 3.21. The quantitative estimate of drug-likeness (QED) is 0.635. The molecule has 0 bridgehead atoms. The van der Waals surface area contributed by atoms with Crippen LogP contribution in [0.5, 0.6) is 0 Å². The van der Waals surface area contributed by atoms with Gasteiger partial charge in [-0.25, -0.2) is 9.00 Å². The molecule has 0 aliphatic carbocycles. The molecule has 78 valence electrons. The van der Waals surface area contributed by atoms with E-state index in [2.05, 4.69) is 0 Å². The van der Waals surface area contributed by atoms with Crippen molar-refractivity contribution in [2.24, 2.45) is 0 Å². The largest absolute Gasteiger partial charge is 0.462 e. The van der Waals surface area contributed by atoms with Crippen LogP contribution in [0.3, 0.4) is 0 Å². The van der Waals surface area contributed by atoms with Crippen LogP contribution in [0.2, 0.25) is 0 Å². The predicted molar refractivity (Wildman–Crippen MR) is 54.8 cm³/mol. The number of carbonyl (C=O) groups is 1. The van der Waals surface area contributed by atoms with Crippen LogP contribution in [-0.4, -0.2) is 21.3 Å². The molecule has 0 aromatic carbocycles. The fraction of sp³-hybridized carbons (Fsp3) is 0.375. The second-order valence-corrected chi connectivity index (χ2v) is 4.55. The summed E-state index contributed by atoms with van der Waals surface area (Å²) in [6.07, 6.45) is 0. The molecule has 1 N–H and O–H groups in total. The van der Waals surface area contributed by atoms with Gasteiger partial charge in [-0.3, -0.25) is 0 Å². The Bertz CT molecular complexity index is 345. The molecule has 0 aliphatic rings. The SMILES string of the molecule is CCOC(=O)c1ccc(CS(=O)O)s1. The summed E-state index contributed by atoms with van der Waals surface area (Å²) >= 11 is -0.680. The molecule has 0 amide bonds. The molecule has 6 heteroatoms. The van der Waals surface area contributed by atoms with E-state index in [0.29, 0.717) is 16.4 Å². The van der Waals surface area contributed by atoms with Crippen molar-refractivity contribution < 1.29 is 18.3 Å². The molecule has 1 rings (SSSR count). The van der Waals surface area contributed by atoms with Gasteiger partial charge < -0.3 is 9.29 Å². The minimum Gasteiger partial charge on any atom is -0.462 e. The Kier molecular flexibility index (Phi) is 4.24. The zero-order chi connectivity index (χ0) is 10.6. The maximum absolute atomic E-state index is 11.2. The molecule has 4 nitrogen and oxygen atoms in total. The van der Waals surface area contributed by atoms with Crippen molar-refractivity contribution in [3.63, 3.8) is 0 Å². The summed E-state index contributed by atoms with van der Waals surface area (Å²) in [5.41, 5.74) is 0. The predicted octanol–water partition coefficient (Wildman–Crippen LogP) is 1.65. The lowest BCUT2D eigenvalue weighted by atomic mass is 10.4. The van der Waals surface area contributed by atoms with Crippen molar-refractivity contribution in [3.8, 4) is 0 Å². The van der Waals surface area contributed by atoms with Gasteiger partial charge in [0.25, 0.3) is 0 Å². The molecule has 0 fully saturated rings. The summed E-state index contributed by atoms with van der Waals surface area (Å²) in [5, 5.41) is 0. The standard InChI is InChI=1S/C8H10O4S2/c1-2-12-8(9)7-4-3-6(13-7)5-14(10)11/h3-4H,2,5H2,1H3,(H,10,11). The van der Waals surface area contributed by atoms with Gasteiger partial charge >= 0.3 is 5.97 Å². The molecule has 1 aromatic heterocycles. The van der Waals surface area contributed by atoms with Crippen molar-refractivity contribution in [2.45, 2.75) is 12.7 Å². The Morgan fingerprint density at radius 3 is 2.93 bits per heavy atom. The third-order valence-electron chi connectivity index (χ3n) is 1.40. The summed E-state index contributed by atoms with van der Waals surface area (Å²) in [7, 11) is 0. The van der Waals surface area contributed by atoms with Gasteiger partial charge in [0.15, 0.2) is 11.1 Å². The third-order valence-corrected chi connectivity index (χ3v) is 3.21. The topological polar surface area (TPSA) is 63.6 Å². The molecule has 14 heavy (non-hydrogen) atoms. The van der Waals surface area contributed by atoms with Crippen LogP contribution in [0.1, 0.15) is 21.5 Å². The van der Waals surface area contributed by atoms with Crippen molar-refractivity contribution >= 4 is 28.4 Å². The smallest absolute Gasteiger partial charge is 0.348 e. The Morgan fingerprint density at radius 1 is 1.64 bits per heavy atom. The Labute approximate surface area is 88.2 Å². The number of carbonyl (C=O) groups excluding carboxylic acids is 1. The van der Waals surface area contributed by atoms with Gasteiger partial charge in [0.2, 0.25) is 0 Å². The maximum atomic E-state index is 11.2. The maximum Gasteiger partial charge on any atom is 0.348 e. The summed E-state index contributed by atoms with van der Waals surface area (Å²) in [5.74, 6) is -0.322. The van der Waals surface area contributed by atoms with E-state index >= 15 is 0 Å². The number of hydrogen-bond acceptors (Lipinski definition) is 4. The van der Waals surface area contributed by atoms with E-state index in [-0.39, 0.29) is 11.7 Å². The molecule has 1 heterocycles. The van der Waals surface area contributed by atoms with Crippen molar-refractivity contribution in [1.82, 2.24) is 0 Å².